The average Bonchev–Trinajstić information content (AvgIpc) is 2.55. The SMILES string of the molecule is COc1cc(OC)c(NC(=O)CC(C)c2ccccc2)cc1Cl. The van der Waals surface area contributed by atoms with Gasteiger partial charge in [0.15, 0.2) is 0 Å². The van der Waals surface area contributed by atoms with Gasteiger partial charge in [-0.15, -0.1) is 0 Å². The van der Waals surface area contributed by atoms with E-state index >= 15 is 0 Å². The molecule has 0 radical (unpaired) electrons. The number of hydrogen-bond donors (Lipinski definition) is 1. The zero-order valence-electron chi connectivity index (χ0n) is 13.4. The number of ether oxygens (including phenoxy) is 2. The molecule has 0 bridgehead atoms. The number of benzene rings is 2. The van der Waals surface area contributed by atoms with Crippen LogP contribution in [-0.4, -0.2) is 20.1 Å². The molecule has 1 unspecified atom stereocenters. The Morgan fingerprint density at radius 3 is 2.39 bits per heavy atom. The molecule has 5 heteroatoms. The van der Waals surface area contributed by atoms with Gasteiger partial charge < -0.3 is 14.8 Å². The molecule has 0 aliphatic rings. The maximum absolute atomic E-state index is 12.3. The fourth-order valence-corrected chi connectivity index (χ4v) is 2.58. The molecular weight excluding hydrogens is 314 g/mol. The lowest BCUT2D eigenvalue weighted by atomic mass is 9.97. The third kappa shape index (κ3) is 4.39. The summed E-state index contributed by atoms with van der Waals surface area (Å²) in [6.07, 6.45) is 0.372. The first kappa shape index (κ1) is 17.2. The van der Waals surface area contributed by atoms with E-state index in [2.05, 4.69) is 5.32 Å². The fraction of sp³-hybridized carbons (Fsp3) is 0.278. The average molecular weight is 334 g/mol. The van der Waals surface area contributed by atoms with E-state index in [0.29, 0.717) is 28.6 Å². The van der Waals surface area contributed by atoms with Gasteiger partial charge in [-0.05, 0) is 17.5 Å². The molecule has 0 aromatic heterocycles. The van der Waals surface area contributed by atoms with Crippen molar-refractivity contribution >= 4 is 23.2 Å². The zero-order chi connectivity index (χ0) is 16.8. The summed E-state index contributed by atoms with van der Waals surface area (Å²) in [5.41, 5.74) is 1.66. The molecule has 1 atom stereocenters. The van der Waals surface area contributed by atoms with E-state index in [1.807, 2.05) is 37.3 Å². The molecule has 0 saturated heterocycles. The van der Waals surface area contributed by atoms with Crippen LogP contribution in [0, 0.1) is 0 Å². The van der Waals surface area contributed by atoms with Crippen molar-refractivity contribution in [2.75, 3.05) is 19.5 Å². The minimum Gasteiger partial charge on any atom is -0.495 e. The van der Waals surface area contributed by atoms with Crippen LogP contribution >= 0.6 is 11.6 Å². The molecule has 4 nitrogen and oxygen atoms in total. The largest absolute Gasteiger partial charge is 0.495 e. The minimum atomic E-state index is -0.0964. The molecule has 23 heavy (non-hydrogen) atoms. The van der Waals surface area contributed by atoms with E-state index in [0.717, 1.165) is 5.56 Å². The maximum Gasteiger partial charge on any atom is 0.225 e. The number of rotatable bonds is 6. The predicted molar refractivity (Wildman–Crippen MR) is 92.7 cm³/mol. The predicted octanol–water partition coefficient (Wildman–Crippen LogP) is 4.49. The molecule has 0 aliphatic carbocycles. The van der Waals surface area contributed by atoms with E-state index in [1.165, 1.54) is 14.2 Å². The number of amides is 1. The Labute approximate surface area is 141 Å². The van der Waals surface area contributed by atoms with Gasteiger partial charge in [-0.2, -0.15) is 0 Å². The van der Waals surface area contributed by atoms with Gasteiger partial charge in [-0.25, -0.2) is 0 Å². The van der Waals surface area contributed by atoms with Crippen molar-refractivity contribution in [3.63, 3.8) is 0 Å². The molecule has 122 valence electrons. The highest BCUT2D eigenvalue weighted by molar-refractivity contribution is 6.32. The van der Waals surface area contributed by atoms with Crippen LogP contribution < -0.4 is 14.8 Å². The van der Waals surface area contributed by atoms with E-state index in [-0.39, 0.29) is 11.8 Å². The quantitative estimate of drug-likeness (QED) is 0.847. The number of carbonyl (C=O) groups is 1. The molecule has 0 heterocycles. The molecule has 2 aromatic rings. The second-order valence-corrected chi connectivity index (χ2v) is 5.66. The highest BCUT2D eigenvalue weighted by atomic mass is 35.5. The lowest BCUT2D eigenvalue weighted by Crippen LogP contribution is -2.15. The Bertz CT molecular complexity index is 673. The molecule has 0 spiro atoms. The Balaban J connectivity index is 2.09. The van der Waals surface area contributed by atoms with Crippen molar-refractivity contribution in [1.82, 2.24) is 0 Å². The van der Waals surface area contributed by atoms with Crippen LogP contribution in [0.3, 0.4) is 0 Å². The second kappa shape index (κ2) is 7.88. The van der Waals surface area contributed by atoms with Crippen molar-refractivity contribution in [3.05, 3.63) is 53.1 Å². The van der Waals surface area contributed by atoms with Crippen LogP contribution in [-0.2, 0) is 4.79 Å². The van der Waals surface area contributed by atoms with Crippen LogP contribution in [0.15, 0.2) is 42.5 Å². The minimum absolute atomic E-state index is 0.0964. The molecule has 1 N–H and O–H groups in total. The lowest BCUT2D eigenvalue weighted by Gasteiger charge is -2.15. The molecule has 2 rings (SSSR count). The van der Waals surface area contributed by atoms with Crippen LogP contribution in [0.4, 0.5) is 5.69 Å². The first-order valence-corrected chi connectivity index (χ1v) is 7.69. The third-order valence-corrected chi connectivity index (χ3v) is 3.90. The van der Waals surface area contributed by atoms with Crippen LogP contribution in [0.2, 0.25) is 5.02 Å². The monoisotopic (exact) mass is 333 g/mol. The Morgan fingerprint density at radius 1 is 1.13 bits per heavy atom. The summed E-state index contributed by atoms with van der Waals surface area (Å²) in [6, 6.07) is 13.2. The van der Waals surface area contributed by atoms with E-state index in [1.54, 1.807) is 12.1 Å². The second-order valence-electron chi connectivity index (χ2n) is 5.25. The van der Waals surface area contributed by atoms with Gasteiger partial charge in [0.2, 0.25) is 5.91 Å². The third-order valence-electron chi connectivity index (χ3n) is 3.61. The normalized spacial score (nSPS) is 11.7. The first-order chi connectivity index (χ1) is 11.0. The molecule has 2 aromatic carbocycles. The number of anilines is 1. The highest BCUT2D eigenvalue weighted by Crippen LogP contribution is 2.36. The smallest absolute Gasteiger partial charge is 0.225 e. The summed E-state index contributed by atoms with van der Waals surface area (Å²) < 4.78 is 10.4. The summed E-state index contributed by atoms with van der Waals surface area (Å²) in [6.45, 7) is 2.02. The van der Waals surface area contributed by atoms with Gasteiger partial charge in [0.1, 0.15) is 11.5 Å². The van der Waals surface area contributed by atoms with Gasteiger partial charge in [-0.3, -0.25) is 4.79 Å². The molecule has 0 saturated carbocycles. The van der Waals surface area contributed by atoms with Crippen molar-refractivity contribution in [1.29, 1.82) is 0 Å². The highest BCUT2D eigenvalue weighted by Gasteiger charge is 2.15. The van der Waals surface area contributed by atoms with Gasteiger partial charge in [0, 0.05) is 12.5 Å². The number of halogens is 1. The Kier molecular flexibility index (Phi) is 5.88. The maximum atomic E-state index is 12.3. The van der Waals surface area contributed by atoms with Gasteiger partial charge >= 0.3 is 0 Å². The van der Waals surface area contributed by atoms with Gasteiger partial charge in [0.25, 0.3) is 0 Å². The lowest BCUT2D eigenvalue weighted by molar-refractivity contribution is -0.116. The molecule has 0 fully saturated rings. The Morgan fingerprint density at radius 2 is 1.78 bits per heavy atom. The van der Waals surface area contributed by atoms with Gasteiger partial charge in [-0.1, -0.05) is 48.9 Å². The zero-order valence-corrected chi connectivity index (χ0v) is 14.2. The number of methoxy groups -OCH3 is 2. The van der Waals surface area contributed by atoms with E-state index in [4.69, 9.17) is 21.1 Å². The van der Waals surface area contributed by atoms with Crippen molar-refractivity contribution in [2.24, 2.45) is 0 Å². The summed E-state index contributed by atoms with van der Waals surface area (Å²) in [5.74, 6) is 1.03. The van der Waals surface area contributed by atoms with Gasteiger partial charge in [0.05, 0.1) is 24.9 Å². The number of hydrogen-bond acceptors (Lipinski definition) is 3. The van der Waals surface area contributed by atoms with Crippen LogP contribution in [0.5, 0.6) is 11.5 Å². The molecular formula is C18H20ClNO3. The van der Waals surface area contributed by atoms with Crippen molar-refractivity contribution < 1.29 is 14.3 Å². The van der Waals surface area contributed by atoms with Crippen molar-refractivity contribution in [3.8, 4) is 11.5 Å². The molecule has 1 amide bonds. The van der Waals surface area contributed by atoms with E-state index < -0.39 is 0 Å². The molecule has 0 aliphatic heterocycles. The standard InChI is InChI=1S/C18H20ClNO3/c1-12(13-7-5-4-6-8-13)9-18(21)20-15-10-14(19)16(22-2)11-17(15)23-3/h4-8,10-12H,9H2,1-3H3,(H,20,21). The van der Waals surface area contributed by atoms with E-state index in [9.17, 15) is 4.79 Å². The number of nitrogens with one attached hydrogen (secondary N) is 1. The summed E-state index contributed by atoms with van der Waals surface area (Å²) in [4.78, 5) is 12.3. The topological polar surface area (TPSA) is 47.6 Å². The fourth-order valence-electron chi connectivity index (χ4n) is 2.34. The first-order valence-electron chi connectivity index (χ1n) is 7.31. The van der Waals surface area contributed by atoms with Crippen LogP contribution in [0.25, 0.3) is 0 Å². The van der Waals surface area contributed by atoms with Crippen LogP contribution in [0.1, 0.15) is 24.8 Å². The summed E-state index contributed by atoms with van der Waals surface area (Å²) in [7, 11) is 3.06. The summed E-state index contributed by atoms with van der Waals surface area (Å²) >= 11 is 6.11. The number of carbonyl (C=O) groups excluding carboxylic acids is 1. The summed E-state index contributed by atoms with van der Waals surface area (Å²) in [5, 5.41) is 3.27. The Hall–Kier alpha value is -2.20. The van der Waals surface area contributed by atoms with Crippen molar-refractivity contribution in [2.45, 2.75) is 19.3 Å².